The summed E-state index contributed by atoms with van der Waals surface area (Å²) in [6.45, 7) is 4.91. The Morgan fingerprint density at radius 3 is 3.08 bits per heavy atom. The number of oxazole rings is 1. The van der Waals surface area contributed by atoms with Gasteiger partial charge in [-0.25, -0.2) is 4.98 Å². The van der Waals surface area contributed by atoms with E-state index in [1.165, 1.54) is 12.8 Å². The molecule has 24 heavy (non-hydrogen) atoms. The third kappa shape index (κ3) is 4.52. The summed E-state index contributed by atoms with van der Waals surface area (Å²) in [4.78, 5) is 4.69. The molecule has 0 bridgehead atoms. The van der Waals surface area contributed by atoms with E-state index >= 15 is 0 Å². The van der Waals surface area contributed by atoms with Gasteiger partial charge in [0, 0.05) is 11.4 Å². The average molecular weight is 349 g/mol. The van der Waals surface area contributed by atoms with Crippen LogP contribution in [-0.4, -0.2) is 30.6 Å². The molecule has 2 heterocycles. The van der Waals surface area contributed by atoms with Crippen LogP contribution in [0.3, 0.4) is 0 Å². The molecule has 3 rings (SSSR count). The minimum Gasteiger partial charge on any atom is -0.494 e. The van der Waals surface area contributed by atoms with E-state index in [1.807, 2.05) is 18.2 Å². The summed E-state index contributed by atoms with van der Waals surface area (Å²) in [7, 11) is 0. The van der Waals surface area contributed by atoms with Crippen molar-refractivity contribution in [1.29, 1.82) is 0 Å². The molecule has 130 valence electrons. The fourth-order valence-corrected chi connectivity index (χ4v) is 3.24. The lowest BCUT2D eigenvalue weighted by Crippen LogP contribution is -2.30. The first kappa shape index (κ1) is 17.3. The van der Waals surface area contributed by atoms with Gasteiger partial charge < -0.3 is 14.5 Å². The van der Waals surface area contributed by atoms with Crippen LogP contribution >= 0.6 is 11.6 Å². The van der Waals surface area contributed by atoms with Gasteiger partial charge in [-0.3, -0.25) is 0 Å². The molecule has 2 aromatic rings. The standard InChI is InChI=1S/C19H25ClN2O2/c1-14-10-17(23-9-3-7-20)5-6-18(14)19-22-16(13-24-19)11-15-4-2-8-21-12-15/h5-6,10,13,15,21H,2-4,7-9,11-12H2,1H3. The molecule has 1 aromatic heterocycles. The molecular formula is C19H25ClN2O2. The van der Waals surface area contributed by atoms with Gasteiger partial charge in [0.1, 0.15) is 12.0 Å². The van der Waals surface area contributed by atoms with Gasteiger partial charge in [0.15, 0.2) is 0 Å². The van der Waals surface area contributed by atoms with E-state index in [2.05, 4.69) is 17.2 Å². The van der Waals surface area contributed by atoms with Gasteiger partial charge in [-0.2, -0.15) is 0 Å². The maximum Gasteiger partial charge on any atom is 0.226 e. The highest BCUT2D eigenvalue weighted by Crippen LogP contribution is 2.27. The first-order valence-corrected chi connectivity index (χ1v) is 9.24. The Bertz CT molecular complexity index is 651. The number of aromatic nitrogens is 1. The third-order valence-corrected chi connectivity index (χ3v) is 4.69. The van der Waals surface area contributed by atoms with Crippen molar-refractivity contribution in [2.75, 3.05) is 25.6 Å². The number of aryl methyl sites for hydroxylation is 1. The summed E-state index contributed by atoms with van der Waals surface area (Å²) in [6.07, 6.45) is 6.15. The third-order valence-electron chi connectivity index (χ3n) is 4.42. The summed E-state index contributed by atoms with van der Waals surface area (Å²) in [5.41, 5.74) is 3.17. The number of hydrogen-bond acceptors (Lipinski definition) is 4. The largest absolute Gasteiger partial charge is 0.494 e. The zero-order valence-electron chi connectivity index (χ0n) is 14.2. The maximum absolute atomic E-state index is 5.72. The molecule has 0 spiro atoms. The summed E-state index contributed by atoms with van der Waals surface area (Å²) in [5.74, 6) is 2.84. The highest BCUT2D eigenvalue weighted by Gasteiger charge is 2.17. The van der Waals surface area contributed by atoms with Crippen LogP contribution in [-0.2, 0) is 6.42 Å². The first-order valence-electron chi connectivity index (χ1n) is 8.71. The molecule has 1 fully saturated rings. The second kappa shape index (κ2) is 8.54. The van der Waals surface area contributed by atoms with Crippen LogP contribution in [0.25, 0.3) is 11.5 Å². The van der Waals surface area contributed by atoms with Gasteiger partial charge in [0.05, 0.1) is 12.3 Å². The Labute approximate surface area is 148 Å². The number of halogens is 1. The summed E-state index contributed by atoms with van der Waals surface area (Å²) in [5, 5.41) is 3.45. The Hall–Kier alpha value is -1.52. The molecule has 0 amide bonds. The van der Waals surface area contributed by atoms with Crippen LogP contribution in [0.5, 0.6) is 5.75 Å². The van der Waals surface area contributed by atoms with Crippen molar-refractivity contribution >= 4 is 11.6 Å². The molecule has 1 saturated heterocycles. The van der Waals surface area contributed by atoms with Gasteiger partial charge in [-0.05, 0) is 75.4 Å². The minimum absolute atomic E-state index is 0.618. The van der Waals surface area contributed by atoms with E-state index in [1.54, 1.807) is 6.26 Å². The van der Waals surface area contributed by atoms with Crippen LogP contribution in [0.2, 0.25) is 0 Å². The molecule has 1 unspecified atom stereocenters. The molecule has 1 aliphatic heterocycles. The Morgan fingerprint density at radius 1 is 1.42 bits per heavy atom. The van der Waals surface area contributed by atoms with Crippen LogP contribution in [0.4, 0.5) is 0 Å². The zero-order chi connectivity index (χ0) is 16.8. The van der Waals surface area contributed by atoms with Crippen LogP contribution in [0.15, 0.2) is 28.9 Å². The number of benzene rings is 1. The Kier molecular flexibility index (Phi) is 6.16. The second-order valence-corrected chi connectivity index (χ2v) is 6.81. The number of piperidine rings is 1. The predicted molar refractivity (Wildman–Crippen MR) is 96.8 cm³/mol. The molecule has 4 nitrogen and oxygen atoms in total. The molecule has 0 radical (unpaired) electrons. The molecule has 0 aliphatic carbocycles. The van der Waals surface area contributed by atoms with E-state index in [0.717, 1.165) is 48.5 Å². The van der Waals surface area contributed by atoms with Crippen LogP contribution in [0.1, 0.15) is 30.5 Å². The monoisotopic (exact) mass is 348 g/mol. The van der Waals surface area contributed by atoms with E-state index in [4.69, 9.17) is 20.8 Å². The quantitative estimate of drug-likeness (QED) is 0.601. The number of nitrogens with zero attached hydrogens (tertiary/aromatic N) is 1. The van der Waals surface area contributed by atoms with E-state index in [-0.39, 0.29) is 0 Å². The highest BCUT2D eigenvalue weighted by atomic mass is 35.5. The van der Waals surface area contributed by atoms with Gasteiger partial charge in [0.25, 0.3) is 0 Å². The molecule has 1 atom stereocenters. The lowest BCUT2D eigenvalue weighted by molar-refractivity contribution is 0.318. The summed E-state index contributed by atoms with van der Waals surface area (Å²) >= 11 is 5.67. The lowest BCUT2D eigenvalue weighted by atomic mass is 9.95. The molecular weight excluding hydrogens is 324 g/mol. The van der Waals surface area contributed by atoms with Crippen molar-refractivity contribution in [2.24, 2.45) is 5.92 Å². The number of alkyl halides is 1. The molecule has 5 heteroatoms. The number of hydrogen-bond donors (Lipinski definition) is 1. The van der Waals surface area contributed by atoms with Crippen molar-refractivity contribution in [2.45, 2.75) is 32.6 Å². The first-order chi connectivity index (χ1) is 11.8. The van der Waals surface area contributed by atoms with E-state index < -0.39 is 0 Å². The molecule has 1 aromatic carbocycles. The molecule has 1 N–H and O–H groups in total. The van der Waals surface area contributed by atoms with Crippen molar-refractivity contribution in [3.63, 3.8) is 0 Å². The topological polar surface area (TPSA) is 47.3 Å². The van der Waals surface area contributed by atoms with Crippen molar-refractivity contribution in [3.05, 3.63) is 35.7 Å². The SMILES string of the molecule is Cc1cc(OCCCCl)ccc1-c1nc(CC2CCCNC2)co1. The second-order valence-electron chi connectivity index (χ2n) is 6.43. The number of ether oxygens (including phenoxy) is 1. The maximum atomic E-state index is 5.72. The fraction of sp³-hybridized carbons (Fsp3) is 0.526. The number of rotatable bonds is 7. The van der Waals surface area contributed by atoms with Crippen molar-refractivity contribution in [1.82, 2.24) is 10.3 Å². The lowest BCUT2D eigenvalue weighted by Gasteiger charge is -2.21. The van der Waals surface area contributed by atoms with Gasteiger partial charge in [0.2, 0.25) is 5.89 Å². The fourth-order valence-electron chi connectivity index (χ4n) is 3.13. The van der Waals surface area contributed by atoms with E-state index in [9.17, 15) is 0 Å². The number of nitrogens with one attached hydrogen (secondary N) is 1. The van der Waals surface area contributed by atoms with Crippen LogP contribution < -0.4 is 10.1 Å². The average Bonchev–Trinajstić information content (AvgIpc) is 3.04. The van der Waals surface area contributed by atoms with Gasteiger partial charge in [-0.1, -0.05) is 0 Å². The van der Waals surface area contributed by atoms with Crippen molar-refractivity contribution in [3.8, 4) is 17.2 Å². The molecule has 1 aliphatic rings. The highest BCUT2D eigenvalue weighted by molar-refractivity contribution is 6.17. The van der Waals surface area contributed by atoms with E-state index in [0.29, 0.717) is 24.3 Å². The molecule has 0 saturated carbocycles. The van der Waals surface area contributed by atoms with Crippen molar-refractivity contribution < 1.29 is 9.15 Å². The Morgan fingerprint density at radius 2 is 2.33 bits per heavy atom. The minimum atomic E-state index is 0.618. The smallest absolute Gasteiger partial charge is 0.226 e. The summed E-state index contributed by atoms with van der Waals surface area (Å²) < 4.78 is 11.4. The van der Waals surface area contributed by atoms with Gasteiger partial charge in [-0.15, -0.1) is 11.6 Å². The van der Waals surface area contributed by atoms with Crippen LogP contribution in [0, 0.1) is 12.8 Å². The van der Waals surface area contributed by atoms with Gasteiger partial charge >= 0.3 is 0 Å². The summed E-state index contributed by atoms with van der Waals surface area (Å²) in [6, 6.07) is 6.01. The normalized spacial score (nSPS) is 17.8. The zero-order valence-corrected chi connectivity index (χ0v) is 14.9. The predicted octanol–water partition coefficient (Wildman–Crippen LogP) is 4.20. The Balaban J connectivity index is 1.65.